The van der Waals surface area contributed by atoms with E-state index in [1.165, 1.54) is 6.07 Å². The smallest absolute Gasteiger partial charge is 0.198 e. The van der Waals surface area contributed by atoms with Gasteiger partial charge in [0.25, 0.3) is 0 Å². The minimum Gasteiger partial charge on any atom is -0.494 e. The molecule has 4 rings (SSSR count). The van der Waals surface area contributed by atoms with Crippen LogP contribution in [0.1, 0.15) is 55.9 Å². The third-order valence-electron chi connectivity index (χ3n) is 5.37. The van der Waals surface area contributed by atoms with E-state index in [-0.39, 0.29) is 25.5 Å². The third-order valence-corrected chi connectivity index (χ3v) is 5.37. The summed E-state index contributed by atoms with van der Waals surface area (Å²) in [5.74, 6) is -0.627. The predicted molar refractivity (Wildman–Crippen MR) is 112 cm³/mol. The molecule has 1 spiro atoms. The standard InChI is InChI=1S/C22H25FO5.C2H6/c1-2-26-18-5-3-14(4-6-18)7-15-8-20-16(9-21(15)23)13-27-22(20)11-17(25)10-19(12-24)28-22;1-2/h3-6,8-9,17,19,24-25H,2,7,10-13H2,1H3;1-2H3/t17?,19?,22-;/m1./s1. The van der Waals surface area contributed by atoms with Gasteiger partial charge in [0.2, 0.25) is 0 Å². The van der Waals surface area contributed by atoms with Gasteiger partial charge < -0.3 is 24.4 Å². The molecule has 1 fully saturated rings. The van der Waals surface area contributed by atoms with E-state index in [1.807, 2.05) is 45.0 Å². The van der Waals surface area contributed by atoms with Crippen molar-refractivity contribution in [3.63, 3.8) is 0 Å². The number of fused-ring (bicyclic) bond motifs is 2. The quantitative estimate of drug-likeness (QED) is 0.767. The molecule has 2 unspecified atom stereocenters. The first-order chi connectivity index (χ1) is 14.5. The second-order valence-corrected chi connectivity index (χ2v) is 7.41. The maximum absolute atomic E-state index is 14.7. The summed E-state index contributed by atoms with van der Waals surface area (Å²) in [4.78, 5) is 0. The van der Waals surface area contributed by atoms with Crippen LogP contribution in [0.15, 0.2) is 36.4 Å². The number of aliphatic hydroxyl groups is 2. The Morgan fingerprint density at radius 3 is 2.60 bits per heavy atom. The number of benzene rings is 2. The molecular weight excluding hydrogens is 387 g/mol. The fourth-order valence-corrected chi connectivity index (χ4v) is 4.07. The van der Waals surface area contributed by atoms with E-state index in [1.54, 1.807) is 6.07 Å². The number of rotatable bonds is 5. The molecule has 2 aliphatic rings. The van der Waals surface area contributed by atoms with Crippen LogP contribution in [0.2, 0.25) is 0 Å². The maximum atomic E-state index is 14.7. The largest absolute Gasteiger partial charge is 0.494 e. The highest BCUT2D eigenvalue weighted by atomic mass is 19.1. The monoisotopic (exact) mass is 418 g/mol. The van der Waals surface area contributed by atoms with Crippen molar-refractivity contribution in [1.29, 1.82) is 0 Å². The van der Waals surface area contributed by atoms with Crippen molar-refractivity contribution in [3.05, 3.63) is 64.5 Å². The lowest BCUT2D eigenvalue weighted by Gasteiger charge is -2.40. The van der Waals surface area contributed by atoms with Gasteiger partial charge in [0.1, 0.15) is 11.6 Å². The molecule has 1 saturated heterocycles. The van der Waals surface area contributed by atoms with Gasteiger partial charge in [-0.15, -0.1) is 0 Å². The number of hydrogen-bond acceptors (Lipinski definition) is 5. The highest BCUT2D eigenvalue weighted by Gasteiger charge is 2.48. The first-order valence-electron chi connectivity index (χ1n) is 10.7. The van der Waals surface area contributed by atoms with Crippen molar-refractivity contribution in [2.45, 2.75) is 64.6 Å². The van der Waals surface area contributed by atoms with Gasteiger partial charge in [-0.1, -0.05) is 26.0 Å². The summed E-state index contributed by atoms with van der Waals surface area (Å²) in [6, 6.07) is 10.9. The molecule has 2 aliphatic heterocycles. The number of aliphatic hydroxyl groups excluding tert-OH is 2. The molecular formula is C24H31FO5. The third kappa shape index (κ3) is 4.67. The van der Waals surface area contributed by atoms with E-state index >= 15 is 0 Å². The first kappa shape index (κ1) is 22.7. The van der Waals surface area contributed by atoms with E-state index in [0.29, 0.717) is 25.0 Å². The normalized spacial score (nSPS) is 24.9. The zero-order valence-electron chi connectivity index (χ0n) is 17.9. The summed E-state index contributed by atoms with van der Waals surface area (Å²) in [5, 5.41) is 19.7. The molecule has 5 nitrogen and oxygen atoms in total. The molecule has 3 atom stereocenters. The molecule has 0 amide bonds. The second kappa shape index (κ2) is 9.88. The Morgan fingerprint density at radius 1 is 1.20 bits per heavy atom. The van der Waals surface area contributed by atoms with Gasteiger partial charge in [0.15, 0.2) is 5.79 Å². The highest BCUT2D eigenvalue weighted by molar-refractivity contribution is 5.41. The molecule has 2 heterocycles. The fraction of sp³-hybridized carbons (Fsp3) is 0.500. The molecule has 2 N–H and O–H groups in total. The summed E-state index contributed by atoms with van der Waals surface area (Å²) in [7, 11) is 0. The Labute approximate surface area is 177 Å². The van der Waals surface area contributed by atoms with Crippen LogP contribution >= 0.6 is 0 Å². The summed E-state index contributed by atoms with van der Waals surface area (Å²) in [6.45, 7) is 6.55. The van der Waals surface area contributed by atoms with Gasteiger partial charge in [0, 0.05) is 24.8 Å². The summed E-state index contributed by atoms with van der Waals surface area (Å²) < 4.78 is 32.0. The lowest BCUT2D eigenvalue weighted by atomic mass is 9.89. The molecule has 0 radical (unpaired) electrons. The van der Waals surface area contributed by atoms with Crippen LogP contribution in [0.25, 0.3) is 0 Å². The van der Waals surface area contributed by atoms with Crippen molar-refractivity contribution in [2.24, 2.45) is 0 Å². The molecule has 0 aromatic heterocycles. The van der Waals surface area contributed by atoms with E-state index < -0.39 is 18.0 Å². The second-order valence-electron chi connectivity index (χ2n) is 7.41. The minimum absolute atomic E-state index is 0.197. The van der Waals surface area contributed by atoms with Crippen molar-refractivity contribution < 1.29 is 28.8 Å². The van der Waals surface area contributed by atoms with Crippen LogP contribution in [0.4, 0.5) is 4.39 Å². The molecule has 0 saturated carbocycles. The van der Waals surface area contributed by atoms with Gasteiger partial charge in [-0.3, -0.25) is 0 Å². The van der Waals surface area contributed by atoms with Crippen molar-refractivity contribution in [3.8, 4) is 5.75 Å². The topological polar surface area (TPSA) is 68.2 Å². The van der Waals surface area contributed by atoms with Crippen LogP contribution in [0, 0.1) is 5.82 Å². The summed E-state index contributed by atoms with van der Waals surface area (Å²) in [5.41, 5.74) is 2.97. The Hall–Kier alpha value is -1.99. The average Bonchev–Trinajstić information content (AvgIpc) is 3.07. The summed E-state index contributed by atoms with van der Waals surface area (Å²) in [6.07, 6.45) is -0.0965. The van der Waals surface area contributed by atoms with Crippen LogP contribution in [-0.2, 0) is 28.3 Å². The number of ether oxygens (including phenoxy) is 3. The first-order valence-corrected chi connectivity index (χ1v) is 10.7. The lowest BCUT2D eigenvalue weighted by Crippen LogP contribution is -2.45. The van der Waals surface area contributed by atoms with E-state index in [0.717, 1.165) is 22.4 Å². The molecule has 0 bridgehead atoms. The van der Waals surface area contributed by atoms with Crippen LogP contribution in [0.5, 0.6) is 5.75 Å². The van der Waals surface area contributed by atoms with Crippen LogP contribution < -0.4 is 4.74 Å². The average molecular weight is 419 g/mol. The minimum atomic E-state index is -1.12. The fourth-order valence-electron chi connectivity index (χ4n) is 4.07. The Kier molecular flexibility index (Phi) is 7.47. The zero-order chi connectivity index (χ0) is 21.7. The summed E-state index contributed by atoms with van der Waals surface area (Å²) >= 11 is 0. The van der Waals surface area contributed by atoms with Crippen molar-refractivity contribution in [2.75, 3.05) is 13.2 Å². The highest BCUT2D eigenvalue weighted by Crippen LogP contribution is 2.46. The van der Waals surface area contributed by atoms with Crippen molar-refractivity contribution >= 4 is 0 Å². The molecule has 6 heteroatoms. The van der Waals surface area contributed by atoms with E-state index in [9.17, 15) is 14.6 Å². The van der Waals surface area contributed by atoms with E-state index in [4.69, 9.17) is 14.2 Å². The van der Waals surface area contributed by atoms with Gasteiger partial charge in [-0.25, -0.2) is 4.39 Å². The molecule has 2 aromatic rings. The van der Waals surface area contributed by atoms with Crippen LogP contribution in [0.3, 0.4) is 0 Å². The zero-order valence-corrected chi connectivity index (χ0v) is 17.9. The number of hydrogen-bond donors (Lipinski definition) is 2. The lowest BCUT2D eigenvalue weighted by molar-refractivity contribution is -0.302. The number of halogens is 1. The van der Waals surface area contributed by atoms with Gasteiger partial charge in [-0.05, 0) is 47.9 Å². The Balaban J connectivity index is 0.00000124. The van der Waals surface area contributed by atoms with Gasteiger partial charge in [0.05, 0.1) is 32.0 Å². The molecule has 0 aliphatic carbocycles. The van der Waals surface area contributed by atoms with E-state index in [2.05, 4.69) is 0 Å². The molecule has 164 valence electrons. The van der Waals surface area contributed by atoms with Gasteiger partial charge >= 0.3 is 0 Å². The Bertz CT molecular complexity index is 838. The van der Waals surface area contributed by atoms with Crippen molar-refractivity contribution in [1.82, 2.24) is 0 Å². The SMILES string of the molecule is CC.CCOc1ccc(Cc2cc3c(cc2F)CO[C@@]32CC(O)CC(CO)O2)cc1. The Morgan fingerprint density at radius 2 is 1.93 bits per heavy atom. The maximum Gasteiger partial charge on any atom is 0.198 e. The molecule has 2 aromatic carbocycles. The van der Waals surface area contributed by atoms with Crippen LogP contribution in [-0.4, -0.2) is 35.6 Å². The molecule has 30 heavy (non-hydrogen) atoms. The van der Waals surface area contributed by atoms with Gasteiger partial charge in [-0.2, -0.15) is 0 Å². The predicted octanol–water partition coefficient (Wildman–Crippen LogP) is 4.06.